The van der Waals surface area contributed by atoms with Gasteiger partial charge in [0.25, 0.3) is 0 Å². The number of hydrogen-bond acceptors (Lipinski definition) is 3. The summed E-state index contributed by atoms with van der Waals surface area (Å²) in [5, 5.41) is 0. The first-order chi connectivity index (χ1) is 6.17. The summed E-state index contributed by atoms with van der Waals surface area (Å²) in [5.41, 5.74) is 5.96. The van der Waals surface area contributed by atoms with Gasteiger partial charge in [0.1, 0.15) is 0 Å². The van der Waals surface area contributed by atoms with Gasteiger partial charge in [-0.1, -0.05) is 12.8 Å². The maximum Gasteiger partial charge on any atom is 0.0767 e. The fourth-order valence-corrected chi connectivity index (χ4v) is 2.46. The van der Waals surface area contributed by atoms with Gasteiger partial charge in [0.05, 0.1) is 11.6 Å². The van der Waals surface area contributed by atoms with Crippen LogP contribution in [0, 0.1) is 0 Å². The molecule has 1 saturated carbocycles. The molecule has 0 aromatic carbocycles. The Bertz CT molecular complexity index is 161. The van der Waals surface area contributed by atoms with Crippen molar-refractivity contribution in [1.29, 1.82) is 0 Å². The predicted octanol–water partition coefficient (Wildman–Crippen LogP) is 0.835. The molecule has 0 aromatic rings. The Morgan fingerprint density at radius 2 is 2.15 bits per heavy atom. The third kappa shape index (κ3) is 1.87. The van der Waals surface area contributed by atoms with Crippen LogP contribution in [0.3, 0.4) is 0 Å². The quantitative estimate of drug-likeness (QED) is 0.709. The van der Waals surface area contributed by atoms with E-state index in [-0.39, 0.29) is 5.54 Å². The summed E-state index contributed by atoms with van der Waals surface area (Å²) in [4.78, 5) is 2.24. The van der Waals surface area contributed by atoms with Gasteiger partial charge in [0.15, 0.2) is 0 Å². The van der Waals surface area contributed by atoms with Crippen molar-refractivity contribution in [2.75, 3.05) is 27.7 Å². The van der Waals surface area contributed by atoms with Crippen LogP contribution in [0.25, 0.3) is 0 Å². The molecule has 2 N–H and O–H groups in total. The summed E-state index contributed by atoms with van der Waals surface area (Å²) < 4.78 is 5.54. The largest absolute Gasteiger partial charge is 0.379 e. The van der Waals surface area contributed by atoms with Gasteiger partial charge in [-0.25, -0.2) is 0 Å². The standard InChI is InChI=1S/C10H22N2O/c1-12(2)10(8-11)7-5-4-6-9(10)13-3/h9H,4-8,11H2,1-3H3. The van der Waals surface area contributed by atoms with Crippen LogP contribution < -0.4 is 5.73 Å². The molecule has 0 bridgehead atoms. The molecule has 0 heterocycles. The van der Waals surface area contributed by atoms with Crippen LogP contribution in [-0.4, -0.2) is 44.3 Å². The molecule has 1 rings (SSSR count). The van der Waals surface area contributed by atoms with Crippen LogP contribution in [-0.2, 0) is 4.74 Å². The maximum atomic E-state index is 5.88. The predicted molar refractivity (Wildman–Crippen MR) is 54.7 cm³/mol. The molecule has 3 nitrogen and oxygen atoms in total. The molecule has 0 aliphatic heterocycles. The van der Waals surface area contributed by atoms with E-state index >= 15 is 0 Å². The summed E-state index contributed by atoms with van der Waals surface area (Å²) in [5.74, 6) is 0. The van der Waals surface area contributed by atoms with E-state index in [1.807, 2.05) is 0 Å². The average molecular weight is 186 g/mol. The number of ether oxygens (including phenoxy) is 1. The van der Waals surface area contributed by atoms with Crippen molar-refractivity contribution in [3.05, 3.63) is 0 Å². The highest BCUT2D eigenvalue weighted by atomic mass is 16.5. The fourth-order valence-electron chi connectivity index (χ4n) is 2.46. The van der Waals surface area contributed by atoms with Gasteiger partial charge in [0, 0.05) is 13.7 Å². The molecule has 0 saturated heterocycles. The second-order valence-corrected chi connectivity index (χ2v) is 4.17. The molecule has 2 atom stereocenters. The molecule has 0 aromatic heterocycles. The number of likely N-dealkylation sites (N-methyl/N-ethyl adjacent to an activating group) is 1. The molecule has 0 spiro atoms. The van der Waals surface area contributed by atoms with Gasteiger partial charge < -0.3 is 15.4 Å². The van der Waals surface area contributed by atoms with Crippen LogP contribution in [0.2, 0.25) is 0 Å². The lowest BCUT2D eigenvalue weighted by atomic mass is 9.78. The first kappa shape index (κ1) is 11.0. The number of hydrogen-bond donors (Lipinski definition) is 1. The Balaban J connectivity index is 2.78. The van der Waals surface area contributed by atoms with E-state index in [0.717, 1.165) is 12.8 Å². The third-order valence-electron chi connectivity index (χ3n) is 3.45. The summed E-state index contributed by atoms with van der Waals surface area (Å²) >= 11 is 0. The average Bonchev–Trinajstić information content (AvgIpc) is 2.17. The monoisotopic (exact) mass is 186 g/mol. The van der Waals surface area contributed by atoms with E-state index in [4.69, 9.17) is 10.5 Å². The number of rotatable bonds is 3. The van der Waals surface area contributed by atoms with Crippen molar-refractivity contribution in [3.8, 4) is 0 Å². The zero-order valence-electron chi connectivity index (χ0n) is 9.05. The highest BCUT2D eigenvalue weighted by Crippen LogP contribution is 2.33. The Labute approximate surface area is 81.2 Å². The molecular weight excluding hydrogens is 164 g/mol. The van der Waals surface area contributed by atoms with Crippen molar-refractivity contribution in [2.45, 2.75) is 37.3 Å². The Kier molecular flexibility index (Phi) is 3.71. The van der Waals surface area contributed by atoms with Crippen LogP contribution in [0.15, 0.2) is 0 Å². The van der Waals surface area contributed by atoms with Gasteiger partial charge in [-0.3, -0.25) is 0 Å². The number of nitrogens with two attached hydrogens (primary N) is 1. The molecule has 13 heavy (non-hydrogen) atoms. The van der Waals surface area contributed by atoms with Gasteiger partial charge in [-0.2, -0.15) is 0 Å². The Morgan fingerprint density at radius 3 is 2.54 bits per heavy atom. The zero-order valence-corrected chi connectivity index (χ0v) is 9.05. The molecule has 3 heteroatoms. The highest BCUT2D eigenvalue weighted by Gasteiger charge is 2.41. The fraction of sp³-hybridized carbons (Fsp3) is 1.00. The lowest BCUT2D eigenvalue weighted by molar-refractivity contribution is -0.0563. The maximum absolute atomic E-state index is 5.88. The number of nitrogens with zero attached hydrogens (tertiary/aromatic N) is 1. The van der Waals surface area contributed by atoms with Crippen molar-refractivity contribution in [3.63, 3.8) is 0 Å². The first-order valence-electron chi connectivity index (χ1n) is 5.07. The smallest absolute Gasteiger partial charge is 0.0767 e. The summed E-state index contributed by atoms with van der Waals surface area (Å²) in [7, 11) is 6.00. The van der Waals surface area contributed by atoms with E-state index in [1.165, 1.54) is 12.8 Å². The van der Waals surface area contributed by atoms with Crippen molar-refractivity contribution < 1.29 is 4.74 Å². The van der Waals surface area contributed by atoms with Crippen LogP contribution >= 0.6 is 0 Å². The van der Waals surface area contributed by atoms with Crippen LogP contribution in [0.1, 0.15) is 25.7 Å². The lowest BCUT2D eigenvalue weighted by Gasteiger charge is -2.47. The SMILES string of the molecule is COC1CCCCC1(CN)N(C)C. The number of methoxy groups -OCH3 is 1. The van der Waals surface area contributed by atoms with Gasteiger partial charge >= 0.3 is 0 Å². The molecule has 0 amide bonds. The molecule has 1 aliphatic carbocycles. The second kappa shape index (κ2) is 4.40. The Morgan fingerprint density at radius 1 is 1.46 bits per heavy atom. The van der Waals surface area contributed by atoms with E-state index in [0.29, 0.717) is 12.6 Å². The van der Waals surface area contributed by atoms with E-state index in [9.17, 15) is 0 Å². The minimum atomic E-state index is 0.0764. The third-order valence-corrected chi connectivity index (χ3v) is 3.45. The van der Waals surface area contributed by atoms with E-state index in [2.05, 4.69) is 19.0 Å². The molecule has 0 radical (unpaired) electrons. The van der Waals surface area contributed by atoms with Crippen molar-refractivity contribution in [2.24, 2.45) is 5.73 Å². The normalized spacial score (nSPS) is 35.3. The van der Waals surface area contributed by atoms with Crippen molar-refractivity contribution >= 4 is 0 Å². The molecule has 78 valence electrons. The summed E-state index contributed by atoms with van der Waals surface area (Å²) in [6.45, 7) is 0.693. The Hall–Kier alpha value is -0.120. The summed E-state index contributed by atoms with van der Waals surface area (Å²) in [6, 6.07) is 0. The van der Waals surface area contributed by atoms with Gasteiger partial charge in [-0.05, 0) is 26.9 Å². The van der Waals surface area contributed by atoms with E-state index in [1.54, 1.807) is 7.11 Å². The lowest BCUT2D eigenvalue weighted by Crippen LogP contribution is -2.60. The molecule has 2 unspecified atom stereocenters. The van der Waals surface area contributed by atoms with Gasteiger partial charge in [0.2, 0.25) is 0 Å². The van der Waals surface area contributed by atoms with Crippen LogP contribution in [0.4, 0.5) is 0 Å². The highest BCUT2D eigenvalue weighted by molar-refractivity contribution is 4.99. The minimum Gasteiger partial charge on any atom is -0.379 e. The minimum absolute atomic E-state index is 0.0764. The second-order valence-electron chi connectivity index (χ2n) is 4.17. The first-order valence-corrected chi connectivity index (χ1v) is 5.07. The van der Waals surface area contributed by atoms with Crippen LogP contribution in [0.5, 0.6) is 0 Å². The van der Waals surface area contributed by atoms with Crippen molar-refractivity contribution in [1.82, 2.24) is 4.90 Å². The summed E-state index contributed by atoms with van der Waals surface area (Å²) in [6.07, 6.45) is 5.16. The molecule has 1 fully saturated rings. The zero-order chi connectivity index (χ0) is 9.90. The van der Waals surface area contributed by atoms with Gasteiger partial charge in [-0.15, -0.1) is 0 Å². The molecule has 1 aliphatic rings. The van der Waals surface area contributed by atoms with E-state index < -0.39 is 0 Å². The topological polar surface area (TPSA) is 38.5 Å². The molecular formula is C10H22N2O.